The Morgan fingerprint density at radius 3 is 2.04 bits per heavy atom. The van der Waals surface area contributed by atoms with Gasteiger partial charge >= 0.3 is 0 Å². The van der Waals surface area contributed by atoms with Crippen LogP contribution in [0, 0.1) is 0 Å². The van der Waals surface area contributed by atoms with E-state index in [0.717, 1.165) is 10.5 Å². The Morgan fingerprint density at radius 2 is 1.43 bits per heavy atom. The molecule has 0 unspecified atom stereocenters. The topological polar surface area (TPSA) is 105 Å². The van der Waals surface area contributed by atoms with E-state index >= 15 is 0 Å². The number of rotatable bonds is 12. The fraction of sp³-hybridized carbons (Fsp3) is 0.400. The van der Waals surface area contributed by atoms with Crippen molar-refractivity contribution in [2.45, 2.75) is 19.3 Å². The molecule has 0 saturated heterocycles. The van der Waals surface area contributed by atoms with Crippen molar-refractivity contribution in [3.8, 4) is 0 Å². The zero-order valence-corrected chi connectivity index (χ0v) is 15.7. The lowest BCUT2D eigenvalue weighted by molar-refractivity contribution is -0.137. The predicted molar refractivity (Wildman–Crippen MR) is 102 cm³/mol. The van der Waals surface area contributed by atoms with Gasteiger partial charge in [0.2, 0.25) is 11.8 Å². The second-order valence-corrected chi connectivity index (χ2v) is 6.21. The van der Waals surface area contributed by atoms with Crippen LogP contribution in [-0.2, 0) is 30.3 Å². The molecule has 0 saturated carbocycles. The van der Waals surface area contributed by atoms with Crippen LogP contribution in [0.2, 0.25) is 0 Å². The van der Waals surface area contributed by atoms with Gasteiger partial charge in [-0.25, -0.2) is 0 Å². The number of benzene rings is 1. The summed E-state index contributed by atoms with van der Waals surface area (Å²) < 4.78 is 5.35. The number of aryl methyl sites for hydroxylation is 1. The average Bonchev–Trinajstić information content (AvgIpc) is 3.02. The molecular weight excluding hydrogens is 362 g/mol. The summed E-state index contributed by atoms with van der Waals surface area (Å²) in [6, 6.07) is 9.81. The number of nitrogens with zero attached hydrogens (tertiary/aromatic N) is 1. The molecule has 1 heterocycles. The summed E-state index contributed by atoms with van der Waals surface area (Å²) in [5.41, 5.74) is 1.12. The molecule has 0 atom stereocenters. The number of amides is 4. The van der Waals surface area contributed by atoms with Crippen molar-refractivity contribution >= 4 is 23.6 Å². The first-order valence-electron chi connectivity index (χ1n) is 9.25. The molecule has 1 aliphatic rings. The molecule has 0 spiro atoms. The van der Waals surface area contributed by atoms with Crippen LogP contribution in [0.15, 0.2) is 42.5 Å². The molecule has 0 bridgehead atoms. The number of hydrogen-bond acceptors (Lipinski definition) is 5. The van der Waals surface area contributed by atoms with E-state index in [1.54, 1.807) is 0 Å². The van der Waals surface area contributed by atoms with Gasteiger partial charge in [-0.2, -0.15) is 0 Å². The lowest BCUT2D eigenvalue weighted by Gasteiger charge is -2.13. The second kappa shape index (κ2) is 11.7. The van der Waals surface area contributed by atoms with Gasteiger partial charge in [-0.15, -0.1) is 0 Å². The maximum Gasteiger partial charge on any atom is 0.253 e. The third-order valence-corrected chi connectivity index (χ3v) is 4.08. The first kappa shape index (κ1) is 21.3. The Bertz CT molecular complexity index is 700. The van der Waals surface area contributed by atoms with Crippen molar-refractivity contribution in [1.82, 2.24) is 15.5 Å². The SMILES string of the molecule is O=C(CCc1ccccc1)NCCOCCNC(=O)CCN1C(=O)C=CC1=O. The normalized spacial score (nSPS) is 13.1. The van der Waals surface area contributed by atoms with Crippen molar-refractivity contribution in [2.24, 2.45) is 0 Å². The Hall–Kier alpha value is -3.00. The van der Waals surface area contributed by atoms with Gasteiger partial charge < -0.3 is 15.4 Å². The summed E-state index contributed by atoms with van der Waals surface area (Å²) in [5, 5.41) is 5.44. The van der Waals surface area contributed by atoms with E-state index in [4.69, 9.17) is 4.74 Å². The van der Waals surface area contributed by atoms with Crippen LogP contribution in [0.5, 0.6) is 0 Å². The van der Waals surface area contributed by atoms with Crippen LogP contribution < -0.4 is 10.6 Å². The number of ether oxygens (including phenoxy) is 1. The third-order valence-electron chi connectivity index (χ3n) is 4.08. The number of nitrogens with one attached hydrogen (secondary N) is 2. The molecule has 28 heavy (non-hydrogen) atoms. The van der Waals surface area contributed by atoms with Crippen molar-refractivity contribution in [2.75, 3.05) is 32.8 Å². The molecule has 1 aromatic rings. The minimum absolute atomic E-state index is 0.0266. The van der Waals surface area contributed by atoms with Gasteiger partial charge in [-0.05, 0) is 12.0 Å². The van der Waals surface area contributed by atoms with E-state index in [1.165, 1.54) is 12.2 Å². The molecule has 1 aromatic carbocycles. The standard InChI is InChI=1S/C20H25N3O5/c24-17(7-6-16-4-2-1-3-5-16)21-11-14-28-15-12-22-18(25)10-13-23-19(26)8-9-20(23)27/h1-5,8-9H,6-7,10-15H2,(H,21,24)(H,22,25). The minimum atomic E-state index is -0.396. The van der Waals surface area contributed by atoms with E-state index in [0.29, 0.717) is 39.1 Å². The highest BCUT2D eigenvalue weighted by Gasteiger charge is 2.23. The lowest BCUT2D eigenvalue weighted by Crippen LogP contribution is -2.35. The summed E-state index contributed by atoms with van der Waals surface area (Å²) in [6.07, 6.45) is 3.56. The van der Waals surface area contributed by atoms with Crippen LogP contribution in [0.1, 0.15) is 18.4 Å². The number of hydrogen-bond donors (Lipinski definition) is 2. The highest BCUT2D eigenvalue weighted by Crippen LogP contribution is 2.04. The molecule has 1 aliphatic heterocycles. The molecule has 0 radical (unpaired) electrons. The van der Waals surface area contributed by atoms with Gasteiger partial charge in [0.15, 0.2) is 0 Å². The van der Waals surface area contributed by atoms with Crippen LogP contribution >= 0.6 is 0 Å². The minimum Gasteiger partial charge on any atom is -0.378 e. The van der Waals surface area contributed by atoms with Gasteiger partial charge in [-0.3, -0.25) is 24.1 Å². The van der Waals surface area contributed by atoms with E-state index < -0.39 is 11.8 Å². The maximum absolute atomic E-state index is 11.7. The molecule has 4 amide bonds. The van der Waals surface area contributed by atoms with E-state index in [2.05, 4.69) is 10.6 Å². The van der Waals surface area contributed by atoms with Gasteiger partial charge in [-0.1, -0.05) is 30.3 Å². The smallest absolute Gasteiger partial charge is 0.253 e. The van der Waals surface area contributed by atoms with Crippen molar-refractivity contribution in [3.05, 3.63) is 48.0 Å². The molecule has 0 fully saturated rings. The second-order valence-electron chi connectivity index (χ2n) is 6.21. The summed E-state index contributed by atoms with van der Waals surface area (Å²) in [5.74, 6) is -1.08. The largest absolute Gasteiger partial charge is 0.378 e. The molecule has 0 aliphatic carbocycles. The molecule has 2 rings (SSSR count). The van der Waals surface area contributed by atoms with Crippen molar-refractivity contribution in [3.63, 3.8) is 0 Å². The van der Waals surface area contributed by atoms with E-state index in [-0.39, 0.29) is 24.8 Å². The van der Waals surface area contributed by atoms with Crippen molar-refractivity contribution < 1.29 is 23.9 Å². The number of carbonyl (C=O) groups is 4. The Morgan fingerprint density at radius 1 is 0.857 bits per heavy atom. The summed E-state index contributed by atoms with van der Waals surface area (Å²) in [6.45, 7) is 1.46. The third kappa shape index (κ3) is 7.71. The zero-order valence-electron chi connectivity index (χ0n) is 15.7. The van der Waals surface area contributed by atoms with E-state index in [9.17, 15) is 19.2 Å². The summed E-state index contributed by atoms with van der Waals surface area (Å²) in [4.78, 5) is 47.2. The van der Waals surface area contributed by atoms with Crippen LogP contribution in [0.25, 0.3) is 0 Å². The van der Waals surface area contributed by atoms with E-state index in [1.807, 2.05) is 30.3 Å². The predicted octanol–water partition coefficient (Wildman–Crippen LogP) is 0.183. The number of imide groups is 1. The molecule has 150 valence electrons. The average molecular weight is 387 g/mol. The highest BCUT2D eigenvalue weighted by atomic mass is 16.5. The zero-order chi connectivity index (χ0) is 20.2. The first-order chi connectivity index (χ1) is 13.6. The summed E-state index contributed by atoms with van der Waals surface area (Å²) in [7, 11) is 0. The monoisotopic (exact) mass is 387 g/mol. The van der Waals surface area contributed by atoms with Gasteiger partial charge in [0.05, 0.1) is 13.2 Å². The molecule has 8 heteroatoms. The highest BCUT2D eigenvalue weighted by molar-refractivity contribution is 6.13. The maximum atomic E-state index is 11.7. The van der Waals surface area contributed by atoms with Crippen molar-refractivity contribution in [1.29, 1.82) is 0 Å². The molecule has 2 N–H and O–H groups in total. The molecule has 8 nitrogen and oxygen atoms in total. The molecular formula is C20H25N3O5. The Balaban J connectivity index is 1.42. The van der Waals surface area contributed by atoms with Gasteiger partial charge in [0, 0.05) is 44.6 Å². The molecule has 0 aromatic heterocycles. The Kier molecular flexibility index (Phi) is 8.87. The van der Waals surface area contributed by atoms with Crippen LogP contribution in [0.3, 0.4) is 0 Å². The van der Waals surface area contributed by atoms with Crippen LogP contribution in [0.4, 0.5) is 0 Å². The number of carbonyl (C=O) groups excluding carboxylic acids is 4. The summed E-state index contributed by atoms with van der Waals surface area (Å²) >= 11 is 0. The van der Waals surface area contributed by atoms with Gasteiger partial charge in [0.1, 0.15) is 0 Å². The fourth-order valence-corrected chi connectivity index (χ4v) is 2.57. The quantitative estimate of drug-likeness (QED) is 0.393. The Labute approximate surface area is 163 Å². The first-order valence-corrected chi connectivity index (χ1v) is 9.25. The fourth-order valence-electron chi connectivity index (χ4n) is 2.57. The van der Waals surface area contributed by atoms with Crippen LogP contribution in [-0.4, -0.2) is 61.4 Å². The van der Waals surface area contributed by atoms with Gasteiger partial charge in [0.25, 0.3) is 11.8 Å². The lowest BCUT2D eigenvalue weighted by atomic mass is 10.1.